The van der Waals surface area contributed by atoms with E-state index in [1.807, 2.05) is 49.4 Å². The smallest absolute Gasteiger partial charge is 0.333 e. The van der Waals surface area contributed by atoms with Gasteiger partial charge in [0, 0.05) is 11.9 Å². The van der Waals surface area contributed by atoms with Gasteiger partial charge < -0.3 is 10.2 Å². The molecule has 0 saturated heterocycles. The van der Waals surface area contributed by atoms with E-state index in [-0.39, 0.29) is 22.3 Å². The first kappa shape index (κ1) is 20.8. The van der Waals surface area contributed by atoms with E-state index in [1.54, 1.807) is 23.1 Å². The van der Waals surface area contributed by atoms with E-state index < -0.39 is 4.92 Å². The molecule has 156 valence electrons. The lowest BCUT2D eigenvalue weighted by atomic mass is 10.1. The maximum absolute atomic E-state index is 12.1. The second-order valence-corrected chi connectivity index (χ2v) is 7.41. The second-order valence-electron chi connectivity index (χ2n) is 6.62. The van der Waals surface area contributed by atoms with Gasteiger partial charge in [0.25, 0.3) is 0 Å². The molecule has 3 aromatic carbocycles. The molecule has 0 spiro atoms. The average molecular weight is 454 g/mol. The van der Waals surface area contributed by atoms with Crippen LogP contribution in [0.25, 0.3) is 10.8 Å². The van der Waals surface area contributed by atoms with Crippen LogP contribution in [0.1, 0.15) is 6.92 Å². The van der Waals surface area contributed by atoms with Crippen molar-refractivity contribution in [2.45, 2.75) is 6.92 Å². The molecule has 0 radical (unpaired) electrons. The van der Waals surface area contributed by atoms with E-state index in [2.05, 4.69) is 15.3 Å². The molecule has 0 aliphatic heterocycles. The number of halogens is 2. The van der Waals surface area contributed by atoms with Crippen LogP contribution in [0.5, 0.6) is 0 Å². The summed E-state index contributed by atoms with van der Waals surface area (Å²) in [6.45, 7) is 2.37. The highest BCUT2D eigenvalue weighted by molar-refractivity contribution is 6.43. The van der Waals surface area contributed by atoms with E-state index in [0.717, 1.165) is 16.5 Å². The predicted octanol–water partition coefficient (Wildman–Crippen LogP) is 6.75. The van der Waals surface area contributed by atoms with Gasteiger partial charge in [-0.15, -0.1) is 0 Å². The Hall–Kier alpha value is -3.42. The van der Waals surface area contributed by atoms with Gasteiger partial charge >= 0.3 is 5.69 Å². The SMILES string of the molecule is CCN(c1ncnc(Nc2cccc(Cl)c2Cl)c1[N+](=O)[O-])c1cccc2ccccc12. The van der Waals surface area contributed by atoms with E-state index in [0.29, 0.717) is 17.3 Å². The van der Waals surface area contributed by atoms with Crippen molar-refractivity contribution in [1.82, 2.24) is 9.97 Å². The molecule has 4 rings (SSSR count). The van der Waals surface area contributed by atoms with Crippen LogP contribution in [0.15, 0.2) is 67.0 Å². The van der Waals surface area contributed by atoms with E-state index in [1.165, 1.54) is 6.33 Å². The molecule has 0 atom stereocenters. The molecule has 9 heteroatoms. The first-order valence-electron chi connectivity index (χ1n) is 9.47. The normalized spacial score (nSPS) is 10.8. The summed E-state index contributed by atoms with van der Waals surface area (Å²) in [5.41, 5.74) is 0.970. The Bertz CT molecular complexity index is 1280. The van der Waals surface area contributed by atoms with Crippen LogP contribution in [0.2, 0.25) is 10.0 Å². The third-order valence-electron chi connectivity index (χ3n) is 4.82. The van der Waals surface area contributed by atoms with Crippen molar-refractivity contribution in [1.29, 1.82) is 0 Å². The molecule has 1 aromatic heterocycles. The van der Waals surface area contributed by atoms with Gasteiger partial charge in [-0.3, -0.25) is 10.1 Å². The molecule has 7 nitrogen and oxygen atoms in total. The monoisotopic (exact) mass is 453 g/mol. The number of rotatable bonds is 6. The van der Waals surface area contributed by atoms with Crippen LogP contribution >= 0.6 is 23.2 Å². The maximum Gasteiger partial charge on any atom is 0.354 e. The molecule has 1 N–H and O–H groups in total. The lowest BCUT2D eigenvalue weighted by molar-refractivity contribution is -0.383. The fraction of sp³-hybridized carbons (Fsp3) is 0.0909. The molecule has 0 saturated carbocycles. The zero-order valence-electron chi connectivity index (χ0n) is 16.4. The minimum absolute atomic E-state index is 0.0258. The third-order valence-corrected chi connectivity index (χ3v) is 5.64. The summed E-state index contributed by atoms with van der Waals surface area (Å²) in [7, 11) is 0. The number of anilines is 4. The summed E-state index contributed by atoms with van der Waals surface area (Å²) < 4.78 is 0. The van der Waals surface area contributed by atoms with Gasteiger partial charge in [-0.2, -0.15) is 0 Å². The maximum atomic E-state index is 12.1. The fourth-order valence-electron chi connectivity index (χ4n) is 3.43. The standard InChI is InChI=1S/C22H17Cl2N5O2/c1-2-28(18-12-5-8-14-7-3-4-9-15(14)18)22-20(29(30)31)21(25-13-26-22)27-17-11-6-10-16(23)19(17)24/h3-13H,2H2,1H3,(H,25,26,27). The molecule has 0 amide bonds. The number of benzene rings is 3. The quantitative estimate of drug-likeness (QED) is 0.256. The minimum atomic E-state index is -0.496. The van der Waals surface area contributed by atoms with Crippen LogP contribution in [-0.4, -0.2) is 21.4 Å². The number of nitrogens with zero attached hydrogens (tertiary/aromatic N) is 4. The van der Waals surface area contributed by atoms with Crippen LogP contribution in [0.3, 0.4) is 0 Å². The third kappa shape index (κ3) is 3.97. The highest BCUT2D eigenvalue weighted by Gasteiger charge is 2.28. The molecule has 0 aliphatic carbocycles. The fourth-order valence-corrected chi connectivity index (χ4v) is 3.78. The highest BCUT2D eigenvalue weighted by atomic mass is 35.5. The summed E-state index contributed by atoms with van der Waals surface area (Å²) in [5, 5.41) is 17.6. The molecule has 1 heterocycles. The second kappa shape index (κ2) is 8.75. The Kier molecular flexibility index (Phi) is 5.88. The van der Waals surface area contributed by atoms with Crippen LogP contribution in [0.4, 0.5) is 28.7 Å². The average Bonchev–Trinajstić information content (AvgIpc) is 2.77. The van der Waals surface area contributed by atoms with Crippen molar-refractivity contribution >= 4 is 62.7 Å². The van der Waals surface area contributed by atoms with Crippen LogP contribution in [0, 0.1) is 10.1 Å². The van der Waals surface area contributed by atoms with Gasteiger partial charge in [0.05, 0.1) is 26.3 Å². The van der Waals surface area contributed by atoms with Crippen LogP contribution in [-0.2, 0) is 0 Å². The van der Waals surface area contributed by atoms with E-state index in [9.17, 15) is 10.1 Å². The zero-order valence-corrected chi connectivity index (χ0v) is 17.9. The summed E-state index contributed by atoms with van der Waals surface area (Å²) in [5.74, 6) is 0.206. The van der Waals surface area contributed by atoms with Crippen molar-refractivity contribution in [3.05, 3.63) is 87.2 Å². The Morgan fingerprint density at radius 2 is 1.77 bits per heavy atom. The number of aromatic nitrogens is 2. The molecular formula is C22H17Cl2N5O2. The van der Waals surface area contributed by atoms with Gasteiger partial charge in [-0.25, -0.2) is 9.97 Å². The molecule has 0 bridgehead atoms. The summed E-state index contributed by atoms with van der Waals surface area (Å²) in [6, 6.07) is 18.7. The van der Waals surface area contributed by atoms with Crippen molar-refractivity contribution in [3.8, 4) is 0 Å². The first-order valence-corrected chi connectivity index (χ1v) is 10.2. The Balaban J connectivity index is 1.87. The molecule has 0 aliphatic rings. The highest BCUT2D eigenvalue weighted by Crippen LogP contribution is 2.40. The van der Waals surface area contributed by atoms with E-state index >= 15 is 0 Å². The molecule has 4 aromatic rings. The summed E-state index contributed by atoms with van der Waals surface area (Å²) >= 11 is 12.3. The summed E-state index contributed by atoms with van der Waals surface area (Å²) in [4.78, 5) is 21.8. The van der Waals surface area contributed by atoms with Crippen molar-refractivity contribution in [3.63, 3.8) is 0 Å². The Morgan fingerprint density at radius 3 is 2.55 bits per heavy atom. The van der Waals surface area contributed by atoms with Crippen LogP contribution < -0.4 is 10.2 Å². The molecular weight excluding hydrogens is 437 g/mol. The molecule has 0 unspecified atom stereocenters. The number of hydrogen-bond acceptors (Lipinski definition) is 6. The van der Waals surface area contributed by atoms with Crippen molar-refractivity contribution in [2.24, 2.45) is 0 Å². The number of fused-ring (bicyclic) bond motifs is 1. The molecule has 31 heavy (non-hydrogen) atoms. The number of nitro groups is 1. The number of hydrogen-bond donors (Lipinski definition) is 1. The Labute approximate surface area is 188 Å². The van der Waals surface area contributed by atoms with Gasteiger partial charge in [0.1, 0.15) is 6.33 Å². The topological polar surface area (TPSA) is 84.2 Å². The van der Waals surface area contributed by atoms with Gasteiger partial charge in [-0.05, 0) is 30.5 Å². The van der Waals surface area contributed by atoms with E-state index in [4.69, 9.17) is 23.2 Å². The van der Waals surface area contributed by atoms with Crippen molar-refractivity contribution < 1.29 is 4.92 Å². The lowest BCUT2D eigenvalue weighted by Gasteiger charge is -2.24. The van der Waals surface area contributed by atoms with Gasteiger partial charge in [0.2, 0.25) is 11.6 Å². The number of nitrogens with one attached hydrogen (secondary N) is 1. The molecule has 0 fully saturated rings. The minimum Gasteiger partial charge on any atom is -0.333 e. The zero-order chi connectivity index (χ0) is 22.0. The first-order chi connectivity index (χ1) is 15.0. The predicted molar refractivity (Wildman–Crippen MR) is 125 cm³/mol. The van der Waals surface area contributed by atoms with Crippen molar-refractivity contribution in [2.75, 3.05) is 16.8 Å². The largest absolute Gasteiger partial charge is 0.354 e. The lowest BCUT2D eigenvalue weighted by Crippen LogP contribution is -2.20. The van der Waals surface area contributed by atoms with Gasteiger partial charge in [-0.1, -0.05) is 65.7 Å². The Morgan fingerprint density at radius 1 is 1.03 bits per heavy atom. The van der Waals surface area contributed by atoms with Gasteiger partial charge in [0.15, 0.2) is 0 Å². The summed E-state index contributed by atoms with van der Waals surface area (Å²) in [6.07, 6.45) is 1.29.